The van der Waals surface area contributed by atoms with Crippen LogP contribution < -0.4 is 5.32 Å². The van der Waals surface area contributed by atoms with Crippen molar-refractivity contribution in [3.05, 3.63) is 143 Å². The number of hydrogen-bond acceptors (Lipinski definition) is 5. The molecule has 7 aliphatic carbocycles. The van der Waals surface area contributed by atoms with Gasteiger partial charge < -0.3 is 9.64 Å². The number of hydrogen-bond donors (Lipinski definition) is 1. The molecular weight excluding hydrogens is 589 g/mol. The summed E-state index contributed by atoms with van der Waals surface area (Å²) in [5.74, 6) is 2.06. The van der Waals surface area contributed by atoms with Gasteiger partial charge in [0.25, 0.3) is 0 Å². The average molecular weight is 635 g/mol. The van der Waals surface area contributed by atoms with E-state index in [4.69, 9.17) is 4.74 Å². The zero-order valence-corrected chi connectivity index (χ0v) is 27.7. The first-order chi connectivity index (χ1) is 23.8. The quantitative estimate of drug-likeness (QED) is 0.350. The van der Waals surface area contributed by atoms with Crippen LogP contribution in [0.2, 0.25) is 0 Å². The number of rotatable bonds is 3. The molecule has 0 aromatic heterocycles. The lowest BCUT2D eigenvalue weighted by Gasteiger charge is -2.38. The normalized spacial score (nSPS) is 41.8. The fourth-order valence-electron chi connectivity index (χ4n) is 11.2. The van der Waals surface area contributed by atoms with E-state index in [1.54, 1.807) is 22.4 Å². The summed E-state index contributed by atoms with van der Waals surface area (Å²) in [6.07, 6.45) is 51.5. The summed E-state index contributed by atoms with van der Waals surface area (Å²) >= 11 is 0. The van der Waals surface area contributed by atoms with Crippen LogP contribution in [0.3, 0.4) is 0 Å². The smallest absolute Gasteiger partial charge is 0.127 e. The molecule has 0 amide bonds. The van der Waals surface area contributed by atoms with Gasteiger partial charge in [-0.15, -0.1) is 0 Å². The molecule has 0 spiro atoms. The van der Waals surface area contributed by atoms with Gasteiger partial charge in [-0.2, -0.15) is 0 Å². The van der Waals surface area contributed by atoms with Gasteiger partial charge in [0.1, 0.15) is 18.2 Å². The summed E-state index contributed by atoms with van der Waals surface area (Å²) in [5.41, 5.74) is 9.24. The molecule has 48 heavy (non-hydrogen) atoms. The molecule has 11 aliphatic rings. The van der Waals surface area contributed by atoms with Gasteiger partial charge in [-0.25, -0.2) is 0 Å². The highest BCUT2D eigenvalue weighted by atomic mass is 16.5. The Morgan fingerprint density at radius 1 is 0.708 bits per heavy atom. The Kier molecular flexibility index (Phi) is 6.43. The van der Waals surface area contributed by atoms with Crippen LogP contribution in [0, 0.1) is 11.8 Å². The zero-order chi connectivity index (χ0) is 31.3. The van der Waals surface area contributed by atoms with Gasteiger partial charge in [-0.1, -0.05) is 85.1 Å². The summed E-state index contributed by atoms with van der Waals surface area (Å²) in [5, 5.41) is 4.04. The van der Waals surface area contributed by atoms with Gasteiger partial charge in [0, 0.05) is 59.4 Å². The van der Waals surface area contributed by atoms with Crippen molar-refractivity contribution >= 4 is 0 Å². The van der Waals surface area contributed by atoms with Crippen LogP contribution in [-0.2, 0) is 4.74 Å². The van der Waals surface area contributed by atoms with Crippen LogP contribution in [0.15, 0.2) is 143 Å². The molecule has 5 nitrogen and oxygen atoms in total. The average Bonchev–Trinajstić information content (AvgIpc) is 3.88. The predicted octanol–water partition coefficient (Wildman–Crippen LogP) is 7.39. The monoisotopic (exact) mass is 634 g/mol. The summed E-state index contributed by atoms with van der Waals surface area (Å²) in [6, 6.07) is 2.62. The van der Waals surface area contributed by atoms with Crippen LogP contribution in [-0.4, -0.2) is 63.3 Å². The van der Waals surface area contributed by atoms with E-state index in [2.05, 4.69) is 123 Å². The topological polar surface area (TPSA) is 31.0 Å². The van der Waals surface area contributed by atoms with Crippen LogP contribution in [0.5, 0.6) is 0 Å². The molecule has 0 saturated carbocycles. The number of ether oxygens (including phenoxy) is 1. The molecule has 1 N–H and O–H groups in total. The zero-order valence-electron chi connectivity index (χ0n) is 27.7. The van der Waals surface area contributed by atoms with E-state index in [1.165, 1.54) is 49.1 Å². The van der Waals surface area contributed by atoms with Gasteiger partial charge >= 0.3 is 0 Å². The van der Waals surface area contributed by atoms with E-state index >= 15 is 0 Å². The van der Waals surface area contributed by atoms with Crippen molar-refractivity contribution in [1.82, 2.24) is 20.0 Å². The standard InChI is InChI=1S/C43H46N4O/c1-2-10-29(11-3-1)46-39-21-18-28(25-40(39)47-38-17-9-6-14-35(38)44-43(46)47)27-19-22-41-33(24-27)34-26-30(20-23-42(34)48-41)45-36-15-7-4-12-31(36)32-13-5-8-16-37(32)45/h1-4,6-7,9-10,12,14-15,17,20,23-26,29,31,34-36,38-40,42-44H,5,8,11,13,16,18-19,21-22H2. The van der Waals surface area contributed by atoms with E-state index < -0.39 is 0 Å². The lowest BCUT2D eigenvalue weighted by molar-refractivity contribution is 0.0965. The Balaban J connectivity index is 0.912. The highest BCUT2D eigenvalue weighted by molar-refractivity contribution is 5.51. The van der Waals surface area contributed by atoms with Crippen molar-refractivity contribution in [3.8, 4) is 0 Å². The molecule has 10 unspecified atom stereocenters. The van der Waals surface area contributed by atoms with E-state index in [-0.39, 0.29) is 12.4 Å². The number of nitrogens with one attached hydrogen (secondary N) is 1. The fraction of sp³-hybridized carbons (Fsp3) is 0.442. The molecule has 0 bridgehead atoms. The van der Waals surface area contributed by atoms with Crippen molar-refractivity contribution in [2.75, 3.05) is 0 Å². The molecule has 4 aliphatic heterocycles. The summed E-state index contributed by atoms with van der Waals surface area (Å²) < 4.78 is 6.68. The lowest BCUT2D eigenvalue weighted by Crippen LogP contribution is -2.51. The summed E-state index contributed by atoms with van der Waals surface area (Å²) in [7, 11) is 0. The summed E-state index contributed by atoms with van der Waals surface area (Å²) in [6.45, 7) is 0. The van der Waals surface area contributed by atoms with E-state index in [0.29, 0.717) is 48.1 Å². The molecule has 0 aromatic rings. The van der Waals surface area contributed by atoms with Gasteiger partial charge in [0.15, 0.2) is 0 Å². The molecule has 5 heteroatoms. The van der Waals surface area contributed by atoms with Crippen molar-refractivity contribution in [1.29, 1.82) is 0 Å². The van der Waals surface area contributed by atoms with Crippen molar-refractivity contribution in [2.24, 2.45) is 11.8 Å². The Morgan fingerprint density at radius 2 is 1.58 bits per heavy atom. The second-order valence-corrected chi connectivity index (χ2v) is 15.6. The molecule has 4 heterocycles. The predicted molar refractivity (Wildman–Crippen MR) is 191 cm³/mol. The molecular formula is C43H46N4O. The fourth-order valence-corrected chi connectivity index (χ4v) is 11.2. The molecule has 0 radical (unpaired) electrons. The van der Waals surface area contributed by atoms with Gasteiger partial charge in [-0.3, -0.25) is 15.1 Å². The second kappa shape index (κ2) is 10.9. The van der Waals surface area contributed by atoms with Gasteiger partial charge in [0.2, 0.25) is 0 Å². The molecule has 244 valence electrons. The number of nitrogens with zero attached hydrogens (tertiary/aromatic N) is 3. The third-order valence-corrected chi connectivity index (χ3v) is 13.2. The minimum absolute atomic E-state index is 0.125. The largest absolute Gasteiger partial charge is 0.489 e. The first-order valence-corrected chi connectivity index (χ1v) is 18.9. The second-order valence-electron chi connectivity index (χ2n) is 15.6. The maximum Gasteiger partial charge on any atom is 0.127 e. The van der Waals surface area contributed by atoms with E-state index in [9.17, 15) is 0 Å². The maximum atomic E-state index is 6.68. The van der Waals surface area contributed by atoms with Crippen molar-refractivity contribution in [3.63, 3.8) is 0 Å². The molecule has 11 rings (SSSR count). The molecule has 0 aromatic carbocycles. The third kappa shape index (κ3) is 4.14. The van der Waals surface area contributed by atoms with Gasteiger partial charge in [-0.05, 0) is 86.3 Å². The molecule has 2 saturated heterocycles. The van der Waals surface area contributed by atoms with Crippen molar-refractivity contribution in [2.45, 2.75) is 106 Å². The number of allylic oxidation sites excluding steroid dienone is 12. The molecule has 10 atom stereocenters. The Bertz CT molecular complexity index is 1810. The number of fused-ring (bicyclic) bond motifs is 9. The minimum atomic E-state index is 0.125. The van der Waals surface area contributed by atoms with E-state index in [1.807, 2.05) is 0 Å². The first kappa shape index (κ1) is 28.2. The van der Waals surface area contributed by atoms with Crippen molar-refractivity contribution < 1.29 is 4.74 Å². The van der Waals surface area contributed by atoms with E-state index in [0.717, 1.165) is 25.7 Å². The maximum absolute atomic E-state index is 6.68. The Labute approximate surface area is 285 Å². The summed E-state index contributed by atoms with van der Waals surface area (Å²) in [4.78, 5) is 8.32. The van der Waals surface area contributed by atoms with Crippen LogP contribution >= 0.6 is 0 Å². The minimum Gasteiger partial charge on any atom is -0.489 e. The van der Waals surface area contributed by atoms with Crippen LogP contribution in [0.1, 0.15) is 57.8 Å². The SMILES string of the molecule is C1=CCC(N2C3CCC(C4=CC5=C(CC4)OC4C=CC(N6C7=C(CCCC7)C7C=CC=CC76)=CC54)=CC3N3C4C=CC=CC4NC32)C=C1. The van der Waals surface area contributed by atoms with Crippen LogP contribution in [0.25, 0.3) is 0 Å². The lowest BCUT2D eigenvalue weighted by atomic mass is 9.80. The van der Waals surface area contributed by atoms with Gasteiger partial charge in [0.05, 0.1) is 12.1 Å². The first-order valence-electron chi connectivity index (χ1n) is 18.9. The highest BCUT2D eigenvalue weighted by Gasteiger charge is 2.56. The highest BCUT2D eigenvalue weighted by Crippen LogP contribution is 2.50. The molecule has 2 fully saturated rings. The Morgan fingerprint density at radius 3 is 2.52 bits per heavy atom. The van der Waals surface area contributed by atoms with Crippen LogP contribution in [0.4, 0.5) is 0 Å². The third-order valence-electron chi connectivity index (χ3n) is 13.2. The Hall–Kier alpha value is -3.64.